The first-order chi connectivity index (χ1) is 8.20. The number of nitrogen functional groups attached to an aromatic ring is 1. The summed E-state index contributed by atoms with van der Waals surface area (Å²) in [4.78, 5) is 4.02. The lowest BCUT2D eigenvalue weighted by Gasteiger charge is -2.04. The number of ether oxygens (including phenoxy) is 1. The quantitative estimate of drug-likeness (QED) is 0.938. The Morgan fingerprint density at radius 3 is 2.88 bits per heavy atom. The molecule has 0 radical (unpaired) electrons. The molecule has 0 bridgehead atoms. The molecule has 2 rings (SSSR count). The summed E-state index contributed by atoms with van der Waals surface area (Å²) in [6.45, 7) is 2.97. The molecule has 0 saturated heterocycles. The van der Waals surface area contributed by atoms with Gasteiger partial charge < -0.3 is 10.5 Å². The van der Waals surface area contributed by atoms with E-state index in [4.69, 9.17) is 10.5 Å². The van der Waals surface area contributed by atoms with Gasteiger partial charge in [0.25, 0.3) is 0 Å². The van der Waals surface area contributed by atoms with Crippen LogP contribution < -0.4 is 10.5 Å². The molecular weight excluding hydrogens is 284 g/mol. The van der Waals surface area contributed by atoms with Crippen molar-refractivity contribution in [2.75, 3.05) is 12.3 Å². The van der Waals surface area contributed by atoms with Gasteiger partial charge in [-0.25, -0.2) is 4.68 Å². The van der Waals surface area contributed by atoms with Gasteiger partial charge >= 0.3 is 6.01 Å². The van der Waals surface area contributed by atoms with Crippen LogP contribution in [-0.4, -0.2) is 21.4 Å². The van der Waals surface area contributed by atoms with Crippen molar-refractivity contribution in [1.29, 1.82) is 0 Å². The largest absolute Gasteiger partial charge is 0.463 e. The summed E-state index contributed by atoms with van der Waals surface area (Å²) in [6, 6.07) is 8.23. The van der Waals surface area contributed by atoms with Crippen molar-refractivity contribution in [2.45, 2.75) is 13.5 Å². The summed E-state index contributed by atoms with van der Waals surface area (Å²) in [5.41, 5.74) is 6.85. The SMILES string of the molecule is CCOc1nc(N)n(Cc2ccccc2Br)n1. The van der Waals surface area contributed by atoms with Gasteiger partial charge in [-0.15, -0.1) is 5.10 Å². The van der Waals surface area contributed by atoms with E-state index < -0.39 is 0 Å². The number of rotatable bonds is 4. The maximum atomic E-state index is 5.76. The molecule has 0 atom stereocenters. The monoisotopic (exact) mass is 296 g/mol. The highest BCUT2D eigenvalue weighted by Gasteiger charge is 2.09. The highest BCUT2D eigenvalue weighted by Crippen LogP contribution is 2.18. The Morgan fingerprint density at radius 2 is 2.18 bits per heavy atom. The van der Waals surface area contributed by atoms with Crippen LogP contribution in [0.25, 0.3) is 0 Å². The molecule has 1 heterocycles. The van der Waals surface area contributed by atoms with Crippen LogP contribution in [0.1, 0.15) is 12.5 Å². The second-order valence-electron chi connectivity index (χ2n) is 3.43. The second kappa shape index (κ2) is 5.18. The van der Waals surface area contributed by atoms with Crippen LogP contribution in [0, 0.1) is 0 Å². The third-order valence-electron chi connectivity index (χ3n) is 2.23. The minimum atomic E-state index is 0.317. The van der Waals surface area contributed by atoms with E-state index in [0.29, 0.717) is 25.1 Å². The fourth-order valence-electron chi connectivity index (χ4n) is 1.43. The molecule has 2 N–H and O–H groups in total. The van der Waals surface area contributed by atoms with E-state index in [1.165, 1.54) is 0 Å². The van der Waals surface area contributed by atoms with Crippen molar-refractivity contribution in [3.8, 4) is 6.01 Å². The third kappa shape index (κ3) is 2.76. The number of nitrogens with zero attached hydrogens (tertiary/aromatic N) is 3. The van der Waals surface area contributed by atoms with E-state index in [0.717, 1.165) is 10.0 Å². The normalized spacial score (nSPS) is 10.5. The predicted molar refractivity (Wildman–Crippen MR) is 68.8 cm³/mol. The summed E-state index contributed by atoms with van der Waals surface area (Å²) >= 11 is 3.48. The summed E-state index contributed by atoms with van der Waals surface area (Å²) < 4.78 is 7.84. The molecule has 2 aromatic rings. The Balaban J connectivity index is 2.21. The van der Waals surface area contributed by atoms with Gasteiger partial charge in [0.1, 0.15) is 0 Å². The lowest BCUT2D eigenvalue weighted by atomic mass is 10.2. The van der Waals surface area contributed by atoms with Crippen molar-refractivity contribution in [3.63, 3.8) is 0 Å². The van der Waals surface area contributed by atoms with Gasteiger partial charge in [0.05, 0.1) is 13.2 Å². The van der Waals surface area contributed by atoms with E-state index in [9.17, 15) is 0 Å². The van der Waals surface area contributed by atoms with Crippen molar-refractivity contribution in [2.24, 2.45) is 0 Å². The van der Waals surface area contributed by atoms with E-state index in [2.05, 4.69) is 26.0 Å². The lowest BCUT2D eigenvalue weighted by molar-refractivity contribution is 0.311. The number of anilines is 1. The average Bonchev–Trinajstić information content (AvgIpc) is 2.63. The van der Waals surface area contributed by atoms with Gasteiger partial charge in [0.2, 0.25) is 5.95 Å². The first-order valence-corrected chi connectivity index (χ1v) is 6.06. The molecule has 1 aromatic heterocycles. The maximum Gasteiger partial charge on any atom is 0.337 e. The van der Waals surface area contributed by atoms with Crippen molar-refractivity contribution in [1.82, 2.24) is 14.8 Å². The molecule has 0 saturated carbocycles. The van der Waals surface area contributed by atoms with Crippen LogP contribution in [0.4, 0.5) is 5.95 Å². The zero-order valence-corrected chi connectivity index (χ0v) is 11.0. The van der Waals surface area contributed by atoms with Crippen LogP contribution in [0.3, 0.4) is 0 Å². The molecule has 0 aliphatic heterocycles. The number of hydrogen-bond acceptors (Lipinski definition) is 4. The van der Waals surface area contributed by atoms with Gasteiger partial charge in [0, 0.05) is 4.47 Å². The molecule has 0 aliphatic carbocycles. The van der Waals surface area contributed by atoms with Crippen LogP contribution >= 0.6 is 15.9 Å². The molecular formula is C11H13BrN4O. The van der Waals surface area contributed by atoms with E-state index in [1.54, 1.807) is 4.68 Å². The Morgan fingerprint density at radius 1 is 1.41 bits per heavy atom. The van der Waals surface area contributed by atoms with Crippen molar-refractivity contribution in [3.05, 3.63) is 34.3 Å². The average molecular weight is 297 g/mol. The molecule has 6 heteroatoms. The summed E-state index contributed by atoms with van der Waals surface area (Å²) in [7, 11) is 0. The number of nitrogens with two attached hydrogens (primary N) is 1. The van der Waals surface area contributed by atoms with Gasteiger partial charge in [-0.05, 0) is 18.6 Å². The second-order valence-corrected chi connectivity index (χ2v) is 4.29. The number of benzene rings is 1. The summed E-state index contributed by atoms with van der Waals surface area (Å²) in [6.07, 6.45) is 0. The fraction of sp³-hybridized carbons (Fsp3) is 0.273. The first kappa shape index (κ1) is 11.9. The summed E-state index contributed by atoms with van der Waals surface area (Å²) in [5.74, 6) is 0.351. The number of halogens is 1. The molecule has 5 nitrogen and oxygen atoms in total. The minimum Gasteiger partial charge on any atom is -0.463 e. The van der Waals surface area contributed by atoms with E-state index >= 15 is 0 Å². The van der Waals surface area contributed by atoms with Crippen LogP contribution in [0.5, 0.6) is 6.01 Å². The number of aromatic nitrogens is 3. The van der Waals surface area contributed by atoms with Gasteiger partial charge in [-0.3, -0.25) is 0 Å². The van der Waals surface area contributed by atoms with Gasteiger partial charge in [0.15, 0.2) is 0 Å². The van der Waals surface area contributed by atoms with Gasteiger partial charge in [-0.1, -0.05) is 34.1 Å². The Labute approximate surface area is 108 Å². The predicted octanol–water partition coefficient (Wildman–Crippen LogP) is 2.07. The smallest absolute Gasteiger partial charge is 0.337 e. The van der Waals surface area contributed by atoms with Crippen LogP contribution in [0.2, 0.25) is 0 Å². The molecule has 17 heavy (non-hydrogen) atoms. The zero-order chi connectivity index (χ0) is 12.3. The van der Waals surface area contributed by atoms with Crippen molar-refractivity contribution < 1.29 is 4.74 Å². The highest BCUT2D eigenvalue weighted by molar-refractivity contribution is 9.10. The molecule has 0 spiro atoms. The van der Waals surface area contributed by atoms with E-state index in [-0.39, 0.29) is 0 Å². The Kier molecular flexibility index (Phi) is 3.63. The lowest BCUT2D eigenvalue weighted by Crippen LogP contribution is -2.06. The molecule has 90 valence electrons. The zero-order valence-electron chi connectivity index (χ0n) is 9.43. The molecule has 0 unspecified atom stereocenters. The standard InChI is InChI=1S/C11H13BrN4O/c1-2-17-11-14-10(13)16(15-11)7-8-5-3-4-6-9(8)12/h3-6H,2,7H2,1H3,(H2,13,14,15). The first-order valence-electron chi connectivity index (χ1n) is 5.27. The van der Waals surface area contributed by atoms with Crippen LogP contribution in [-0.2, 0) is 6.54 Å². The molecule has 0 fully saturated rings. The fourth-order valence-corrected chi connectivity index (χ4v) is 1.84. The van der Waals surface area contributed by atoms with Gasteiger partial charge in [-0.2, -0.15) is 4.98 Å². The van der Waals surface area contributed by atoms with Crippen LogP contribution in [0.15, 0.2) is 28.7 Å². The Hall–Kier alpha value is -1.56. The highest BCUT2D eigenvalue weighted by atomic mass is 79.9. The van der Waals surface area contributed by atoms with Crippen molar-refractivity contribution >= 4 is 21.9 Å². The topological polar surface area (TPSA) is 66.0 Å². The molecule has 0 amide bonds. The Bertz CT molecular complexity index is 512. The summed E-state index contributed by atoms with van der Waals surface area (Å²) in [5, 5.41) is 4.17. The number of hydrogen-bond donors (Lipinski definition) is 1. The van der Waals surface area contributed by atoms with E-state index in [1.807, 2.05) is 31.2 Å². The molecule has 0 aliphatic rings. The minimum absolute atomic E-state index is 0.317. The third-order valence-corrected chi connectivity index (χ3v) is 3.01. The molecule has 1 aromatic carbocycles. The maximum absolute atomic E-state index is 5.76.